The summed E-state index contributed by atoms with van der Waals surface area (Å²) in [7, 11) is 0. The van der Waals surface area contributed by atoms with Gasteiger partial charge < -0.3 is 19.8 Å². The van der Waals surface area contributed by atoms with Crippen LogP contribution in [0.2, 0.25) is 0 Å². The minimum absolute atomic E-state index is 0.0311. The van der Waals surface area contributed by atoms with Crippen LogP contribution in [-0.2, 0) is 9.53 Å². The van der Waals surface area contributed by atoms with Gasteiger partial charge >= 0.3 is 0 Å². The Hall–Kier alpha value is -1.82. The molecule has 2 saturated heterocycles. The highest BCUT2D eigenvalue weighted by molar-refractivity contribution is 5.93. The van der Waals surface area contributed by atoms with Gasteiger partial charge in [-0.2, -0.15) is 0 Å². The molecule has 6 heteroatoms. The van der Waals surface area contributed by atoms with E-state index in [9.17, 15) is 9.59 Å². The first-order valence-corrected chi connectivity index (χ1v) is 8.26. The molecule has 0 unspecified atom stereocenters. The normalized spacial score (nSPS) is 25.7. The van der Waals surface area contributed by atoms with Gasteiger partial charge in [0.2, 0.25) is 5.91 Å². The van der Waals surface area contributed by atoms with E-state index in [1.807, 2.05) is 24.8 Å². The van der Waals surface area contributed by atoms with Crippen molar-refractivity contribution in [2.75, 3.05) is 13.1 Å². The molecule has 1 aromatic rings. The maximum atomic E-state index is 12.5. The molecule has 6 nitrogen and oxygen atoms in total. The second-order valence-electron chi connectivity index (χ2n) is 6.64. The van der Waals surface area contributed by atoms with Gasteiger partial charge in [-0.25, -0.2) is 0 Å². The van der Waals surface area contributed by atoms with Crippen LogP contribution in [0.1, 0.15) is 47.6 Å². The van der Waals surface area contributed by atoms with Crippen molar-refractivity contribution in [2.24, 2.45) is 11.7 Å². The number of primary amides is 1. The minimum atomic E-state index is -0.437. The van der Waals surface area contributed by atoms with E-state index in [1.165, 1.54) is 0 Å². The van der Waals surface area contributed by atoms with E-state index >= 15 is 0 Å². The first kappa shape index (κ1) is 16.1. The van der Waals surface area contributed by atoms with E-state index in [1.54, 1.807) is 0 Å². The highest BCUT2D eigenvalue weighted by atomic mass is 16.5. The number of rotatable bonds is 3. The fraction of sp³-hybridized carbons (Fsp3) is 0.647. The molecule has 0 spiro atoms. The standard InChI is InChI=1S/C17H24N2O4/c1-10-9-11(2)22-15(10)17(21)19-7-5-12(6-8-19)13-3-4-14(23-13)16(18)20/h9,12-14H,3-8H2,1-2H3,(H2,18,20)/t13-,14+/m0/s1. The van der Waals surface area contributed by atoms with Gasteiger partial charge in [-0.05, 0) is 51.5 Å². The van der Waals surface area contributed by atoms with Crippen LogP contribution in [-0.4, -0.2) is 42.0 Å². The summed E-state index contributed by atoms with van der Waals surface area (Å²) in [6.45, 7) is 5.14. The summed E-state index contributed by atoms with van der Waals surface area (Å²) in [4.78, 5) is 25.6. The van der Waals surface area contributed by atoms with Gasteiger partial charge in [-0.15, -0.1) is 0 Å². The summed E-state index contributed by atoms with van der Waals surface area (Å²) in [5, 5.41) is 0. The average molecular weight is 320 g/mol. The van der Waals surface area contributed by atoms with Gasteiger partial charge in [0.1, 0.15) is 11.9 Å². The topological polar surface area (TPSA) is 85.8 Å². The van der Waals surface area contributed by atoms with Crippen molar-refractivity contribution < 1.29 is 18.7 Å². The Morgan fingerprint density at radius 2 is 1.87 bits per heavy atom. The Labute approximate surface area is 135 Å². The molecule has 0 saturated carbocycles. The van der Waals surface area contributed by atoms with Crippen LogP contribution in [0.25, 0.3) is 0 Å². The molecule has 0 radical (unpaired) electrons. The third-order valence-electron chi connectivity index (χ3n) is 4.96. The van der Waals surface area contributed by atoms with E-state index in [0.29, 0.717) is 31.2 Å². The number of amides is 2. The lowest BCUT2D eigenvalue weighted by Crippen LogP contribution is -2.41. The van der Waals surface area contributed by atoms with Crippen LogP contribution in [0.4, 0.5) is 0 Å². The van der Waals surface area contributed by atoms with Crippen molar-refractivity contribution in [3.63, 3.8) is 0 Å². The zero-order valence-electron chi connectivity index (χ0n) is 13.7. The van der Waals surface area contributed by atoms with E-state index < -0.39 is 6.10 Å². The number of likely N-dealkylation sites (tertiary alicyclic amines) is 1. The van der Waals surface area contributed by atoms with E-state index in [2.05, 4.69) is 0 Å². The van der Waals surface area contributed by atoms with Gasteiger partial charge in [0, 0.05) is 18.7 Å². The van der Waals surface area contributed by atoms with Crippen molar-refractivity contribution in [3.05, 3.63) is 23.2 Å². The van der Waals surface area contributed by atoms with Gasteiger partial charge in [-0.3, -0.25) is 9.59 Å². The summed E-state index contributed by atoms with van der Waals surface area (Å²) in [5.74, 6) is 1.20. The largest absolute Gasteiger partial charge is 0.456 e. The smallest absolute Gasteiger partial charge is 0.289 e. The first-order valence-electron chi connectivity index (χ1n) is 8.26. The molecule has 3 rings (SSSR count). The zero-order chi connectivity index (χ0) is 16.6. The Bertz CT molecular complexity index is 602. The second-order valence-corrected chi connectivity index (χ2v) is 6.64. The number of carbonyl (C=O) groups excluding carboxylic acids is 2. The number of hydrogen-bond acceptors (Lipinski definition) is 4. The zero-order valence-corrected chi connectivity index (χ0v) is 13.7. The third kappa shape index (κ3) is 3.27. The summed E-state index contributed by atoms with van der Waals surface area (Å²) < 4.78 is 11.3. The summed E-state index contributed by atoms with van der Waals surface area (Å²) in [5.41, 5.74) is 6.19. The summed E-state index contributed by atoms with van der Waals surface area (Å²) in [6.07, 6.45) is 3.03. The van der Waals surface area contributed by atoms with Crippen LogP contribution < -0.4 is 5.73 Å². The number of carbonyl (C=O) groups is 2. The van der Waals surface area contributed by atoms with E-state index in [-0.39, 0.29) is 17.9 Å². The number of piperidine rings is 1. The maximum Gasteiger partial charge on any atom is 0.289 e. The van der Waals surface area contributed by atoms with Crippen molar-refractivity contribution >= 4 is 11.8 Å². The first-order chi connectivity index (χ1) is 11.0. The van der Waals surface area contributed by atoms with Crippen LogP contribution in [0.15, 0.2) is 10.5 Å². The molecular weight excluding hydrogens is 296 g/mol. The van der Waals surface area contributed by atoms with Crippen molar-refractivity contribution in [1.29, 1.82) is 0 Å². The molecular formula is C17H24N2O4. The molecule has 2 N–H and O–H groups in total. The number of ether oxygens (including phenoxy) is 1. The Balaban J connectivity index is 1.55. The van der Waals surface area contributed by atoms with Gasteiger partial charge in [0.15, 0.2) is 5.76 Å². The molecule has 2 aliphatic heterocycles. The van der Waals surface area contributed by atoms with Crippen LogP contribution >= 0.6 is 0 Å². The number of nitrogens with zero attached hydrogens (tertiary/aromatic N) is 1. The van der Waals surface area contributed by atoms with Crippen molar-refractivity contribution in [3.8, 4) is 0 Å². The fourth-order valence-corrected chi connectivity index (χ4v) is 3.69. The average Bonchev–Trinajstić information content (AvgIpc) is 3.13. The maximum absolute atomic E-state index is 12.5. The molecule has 2 atom stereocenters. The third-order valence-corrected chi connectivity index (χ3v) is 4.96. The van der Waals surface area contributed by atoms with Crippen molar-refractivity contribution in [1.82, 2.24) is 4.90 Å². The molecule has 0 aliphatic carbocycles. The number of furan rings is 1. The lowest BCUT2D eigenvalue weighted by atomic mass is 9.89. The molecule has 2 amide bonds. The Morgan fingerprint density at radius 3 is 2.39 bits per heavy atom. The highest BCUT2D eigenvalue weighted by Gasteiger charge is 2.37. The molecule has 2 fully saturated rings. The lowest BCUT2D eigenvalue weighted by molar-refractivity contribution is -0.130. The van der Waals surface area contributed by atoms with Crippen molar-refractivity contribution in [2.45, 2.75) is 51.7 Å². The Morgan fingerprint density at radius 1 is 1.17 bits per heavy atom. The molecule has 0 aromatic carbocycles. The fourth-order valence-electron chi connectivity index (χ4n) is 3.69. The van der Waals surface area contributed by atoms with Crippen LogP contribution in [0.5, 0.6) is 0 Å². The predicted octanol–water partition coefficient (Wildman–Crippen LogP) is 1.78. The predicted molar refractivity (Wildman–Crippen MR) is 83.9 cm³/mol. The van der Waals surface area contributed by atoms with E-state index in [0.717, 1.165) is 30.6 Å². The van der Waals surface area contributed by atoms with Gasteiger partial charge in [0.25, 0.3) is 5.91 Å². The molecule has 23 heavy (non-hydrogen) atoms. The summed E-state index contributed by atoms with van der Waals surface area (Å²) in [6, 6.07) is 1.89. The monoisotopic (exact) mass is 320 g/mol. The molecule has 0 bridgehead atoms. The number of hydrogen-bond donors (Lipinski definition) is 1. The SMILES string of the molecule is Cc1cc(C)c(C(=O)N2CCC([C@@H]3CC[C@H](C(N)=O)O3)CC2)o1. The van der Waals surface area contributed by atoms with Crippen LogP contribution in [0, 0.1) is 19.8 Å². The van der Waals surface area contributed by atoms with Gasteiger partial charge in [-0.1, -0.05) is 0 Å². The Kier molecular flexibility index (Phi) is 4.43. The molecule has 3 heterocycles. The number of nitrogens with two attached hydrogens (primary N) is 1. The number of aryl methyl sites for hydroxylation is 2. The lowest BCUT2D eigenvalue weighted by Gasteiger charge is -2.34. The molecule has 126 valence electrons. The van der Waals surface area contributed by atoms with Crippen LogP contribution in [0.3, 0.4) is 0 Å². The highest BCUT2D eigenvalue weighted by Crippen LogP contribution is 2.32. The quantitative estimate of drug-likeness (QED) is 0.920. The summed E-state index contributed by atoms with van der Waals surface area (Å²) >= 11 is 0. The minimum Gasteiger partial charge on any atom is -0.456 e. The molecule has 1 aromatic heterocycles. The molecule has 2 aliphatic rings. The van der Waals surface area contributed by atoms with Gasteiger partial charge in [0.05, 0.1) is 6.10 Å². The van der Waals surface area contributed by atoms with E-state index in [4.69, 9.17) is 14.9 Å². The second kappa shape index (κ2) is 6.35.